The summed E-state index contributed by atoms with van der Waals surface area (Å²) in [4.78, 5) is 9.09. The smallest absolute Gasteiger partial charge is 0.264 e. The second-order valence-corrected chi connectivity index (χ2v) is 11.3. The Bertz CT molecular complexity index is 1340. The van der Waals surface area contributed by atoms with Crippen LogP contribution in [-0.2, 0) is 10.0 Å². The molecule has 2 aliphatic rings. The molecule has 3 aromatic rings. The highest BCUT2D eigenvalue weighted by atomic mass is 32.2. The van der Waals surface area contributed by atoms with Gasteiger partial charge in [0.25, 0.3) is 10.0 Å². The molecule has 0 radical (unpaired) electrons. The fourth-order valence-electron chi connectivity index (χ4n) is 5.16. The van der Waals surface area contributed by atoms with Gasteiger partial charge in [-0.3, -0.25) is 0 Å². The van der Waals surface area contributed by atoms with E-state index in [1.165, 1.54) is 32.1 Å². The van der Waals surface area contributed by atoms with E-state index in [9.17, 15) is 8.42 Å². The first-order valence-electron chi connectivity index (χ1n) is 12.5. The Labute approximate surface area is 212 Å². The monoisotopic (exact) mass is 508 g/mol. The Kier molecular flexibility index (Phi) is 7.00. The van der Waals surface area contributed by atoms with Crippen LogP contribution in [0.15, 0.2) is 53.4 Å². The molecule has 1 fully saturated rings. The van der Waals surface area contributed by atoms with Crippen molar-refractivity contribution in [3.05, 3.63) is 54.1 Å². The van der Waals surface area contributed by atoms with E-state index in [2.05, 4.69) is 20.0 Å². The van der Waals surface area contributed by atoms with Crippen LogP contribution in [0.2, 0.25) is 0 Å². The van der Waals surface area contributed by atoms with Crippen LogP contribution in [0.1, 0.15) is 44.1 Å². The lowest BCUT2D eigenvalue weighted by atomic mass is 9.85. The molecule has 1 saturated carbocycles. The maximum atomic E-state index is 13.2. The molecule has 2 N–H and O–H groups in total. The van der Waals surface area contributed by atoms with Gasteiger partial charge in [-0.2, -0.15) is 4.98 Å². The predicted molar refractivity (Wildman–Crippen MR) is 140 cm³/mol. The van der Waals surface area contributed by atoms with Crippen LogP contribution < -0.4 is 19.5 Å². The van der Waals surface area contributed by atoms with Crippen molar-refractivity contribution in [2.75, 3.05) is 23.8 Å². The number of methoxy groups -OCH3 is 1. The summed E-state index contributed by atoms with van der Waals surface area (Å²) in [6.45, 7) is 2.35. The zero-order valence-electron chi connectivity index (χ0n) is 20.7. The van der Waals surface area contributed by atoms with Crippen molar-refractivity contribution in [1.82, 2.24) is 9.97 Å². The first-order valence-corrected chi connectivity index (χ1v) is 13.9. The highest BCUT2D eigenvalue weighted by Crippen LogP contribution is 2.35. The number of aromatic nitrogens is 2. The fourth-order valence-corrected chi connectivity index (χ4v) is 6.15. The van der Waals surface area contributed by atoms with E-state index < -0.39 is 10.0 Å². The maximum Gasteiger partial charge on any atom is 0.264 e. The zero-order valence-corrected chi connectivity index (χ0v) is 21.5. The molecule has 2 heterocycles. The Morgan fingerprint density at radius 3 is 2.67 bits per heavy atom. The number of hydrogen-bond acceptors (Lipinski definition) is 7. The van der Waals surface area contributed by atoms with Gasteiger partial charge in [-0.15, -0.1) is 0 Å². The number of aryl methyl sites for hydroxylation is 1. The molecule has 1 aliphatic carbocycles. The Morgan fingerprint density at radius 2 is 1.86 bits per heavy atom. The number of hydrogen-bond donors (Lipinski definition) is 2. The van der Waals surface area contributed by atoms with Crippen molar-refractivity contribution >= 4 is 21.7 Å². The molecule has 190 valence electrons. The molecule has 8 nitrogen and oxygen atoms in total. The molecular formula is C27H32N4O4S. The van der Waals surface area contributed by atoms with Crippen molar-refractivity contribution < 1.29 is 17.9 Å². The molecule has 4 bridgehead atoms. The van der Waals surface area contributed by atoms with Crippen molar-refractivity contribution in [3.8, 4) is 22.9 Å². The number of ether oxygens (including phenoxy) is 2. The average molecular weight is 509 g/mol. The summed E-state index contributed by atoms with van der Waals surface area (Å²) >= 11 is 0. The summed E-state index contributed by atoms with van der Waals surface area (Å²) in [5.41, 5.74) is 2.98. The van der Waals surface area contributed by atoms with Crippen LogP contribution in [0.4, 0.5) is 11.6 Å². The van der Waals surface area contributed by atoms with Crippen LogP contribution >= 0.6 is 0 Å². The Balaban J connectivity index is 1.56. The molecule has 9 heteroatoms. The number of fused-ring (bicyclic) bond motifs is 4. The van der Waals surface area contributed by atoms with E-state index in [1.807, 2.05) is 31.2 Å². The summed E-state index contributed by atoms with van der Waals surface area (Å²) in [6, 6.07) is 14.3. The lowest BCUT2D eigenvalue weighted by Gasteiger charge is -2.28. The standard InChI is InChI=1S/C27H32N4O4S/c1-18-8-6-13-24(34-2)26(18)23-16-25-30-27(29-23)31-36(32,33)22-12-7-11-20(15-22)28-21(17-35-25)14-19-9-4-3-5-10-19/h6-8,11-13,15-16,19,21,28H,3-5,9-10,14,17H2,1-2H3,(H,29,30,31)/t21-/m1/s1. The third-order valence-electron chi connectivity index (χ3n) is 6.93. The van der Waals surface area contributed by atoms with Crippen molar-refractivity contribution in [3.63, 3.8) is 0 Å². The molecule has 5 rings (SSSR count). The maximum absolute atomic E-state index is 13.2. The van der Waals surface area contributed by atoms with Gasteiger partial charge >= 0.3 is 0 Å². The summed E-state index contributed by atoms with van der Waals surface area (Å²) in [5, 5.41) is 3.52. The third kappa shape index (κ3) is 5.41. The van der Waals surface area contributed by atoms with E-state index in [-0.39, 0.29) is 16.9 Å². The number of benzene rings is 2. The molecule has 2 aromatic carbocycles. The second-order valence-electron chi connectivity index (χ2n) is 9.59. The van der Waals surface area contributed by atoms with Gasteiger partial charge in [0.05, 0.1) is 23.7 Å². The lowest BCUT2D eigenvalue weighted by Crippen LogP contribution is -2.31. The number of nitrogens with zero attached hydrogens (tertiary/aromatic N) is 2. The Hall–Kier alpha value is -3.33. The highest BCUT2D eigenvalue weighted by molar-refractivity contribution is 7.92. The first-order chi connectivity index (χ1) is 17.4. The SMILES string of the molecule is COc1cccc(C)c1-c1cc2nc(n1)NS(=O)(=O)c1cccc(c1)N[C@H](CC1CCCCC1)CO2. The molecular weight excluding hydrogens is 476 g/mol. The van der Waals surface area contributed by atoms with Crippen LogP contribution in [0.5, 0.6) is 11.6 Å². The topological polar surface area (TPSA) is 102 Å². The quantitative estimate of drug-likeness (QED) is 0.486. The number of rotatable bonds is 4. The van der Waals surface area contributed by atoms with Gasteiger partial charge in [0.15, 0.2) is 0 Å². The minimum Gasteiger partial charge on any atom is -0.496 e. The number of sulfonamides is 1. The molecule has 0 unspecified atom stereocenters. The second kappa shape index (κ2) is 10.3. The molecule has 1 aromatic heterocycles. The van der Waals surface area contributed by atoms with Gasteiger partial charge in [-0.25, -0.2) is 18.1 Å². The van der Waals surface area contributed by atoms with Gasteiger partial charge in [0, 0.05) is 17.3 Å². The van der Waals surface area contributed by atoms with Crippen LogP contribution in [0.3, 0.4) is 0 Å². The zero-order chi connectivity index (χ0) is 25.1. The molecule has 36 heavy (non-hydrogen) atoms. The molecule has 0 saturated heterocycles. The minimum atomic E-state index is -3.92. The van der Waals surface area contributed by atoms with Gasteiger partial charge in [-0.1, -0.05) is 50.3 Å². The Morgan fingerprint density at radius 1 is 1.06 bits per heavy atom. The highest BCUT2D eigenvalue weighted by Gasteiger charge is 2.24. The van der Waals surface area contributed by atoms with Crippen LogP contribution in [0.25, 0.3) is 11.3 Å². The van der Waals surface area contributed by atoms with E-state index in [4.69, 9.17) is 9.47 Å². The van der Waals surface area contributed by atoms with Crippen molar-refractivity contribution in [2.24, 2.45) is 5.92 Å². The van der Waals surface area contributed by atoms with E-state index in [0.29, 0.717) is 29.8 Å². The molecule has 1 atom stereocenters. The van der Waals surface area contributed by atoms with Gasteiger partial charge in [0.2, 0.25) is 11.8 Å². The summed E-state index contributed by atoms with van der Waals surface area (Å²) < 4.78 is 40.8. The predicted octanol–water partition coefficient (Wildman–Crippen LogP) is 5.40. The molecule has 0 amide bonds. The number of nitrogens with one attached hydrogen (secondary N) is 2. The average Bonchev–Trinajstić information content (AvgIpc) is 2.87. The molecule has 1 aliphatic heterocycles. The van der Waals surface area contributed by atoms with E-state index >= 15 is 0 Å². The van der Waals surface area contributed by atoms with Crippen molar-refractivity contribution in [2.45, 2.75) is 56.4 Å². The summed E-state index contributed by atoms with van der Waals surface area (Å²) in [6.07, 6.45) is 7.19. The van der Waals surface area contributed by atoms with Gasteiger partial charge in [0.1, 0.15) is 12.4 Å². The van der Waals surface area contributed by atoms with Crippen LogP contribution in [-0.4, -0.2) is 38.1 Å². The summed E-state index contributed by atoms with van der Waals surface area (Å²) in [7, 11) is -2.32. The minimum absolute atomic E-state index is 0.00769. The third-order valence-corrected chi connectivity index (χ3v) is 8.25. The normalized spacial score (nSPS) is 19.6. The largest absolute Gasteiger partial charge is 0.496 e. The lowest BCUT2D eigenvalue weighted by molar-refractivity contribution is 0.247. The first kappa shape index (κ1) is 24.4. The van der Waals surface area contributed by atoms with Crippen molar-refractivity contribution in [1.29, 1.82) is 0 Å². The fraction of sp³-hybridized carbons (Fsp3) is 0.407. The van der Waals surface area contributed by atoms with Crippen LogP contribution in [0, 0.1) is 12.8 Å². The van der Waals surface area contributed by atoms with E-state index in [1.54, 1.807) is 31.4 Å². The van der Waals surface area contributed by atoms with E-state index in [0.717, 1.165) is 23.2 Å². The summed E-state index contributed by atoms with van der Waals surface area (Å²) in [5.74, 6) is 1.52. The number of anilines is 2. The van der Waals surface area contributed by atoms with Gasteiger partial charge < -0.3 is 14.8 Å². The van der Waals surface area contributed by atoms with Gasteiger partial charge in [-0.05, 0) is 49.1 Å². The molecule has 0 spiro atoms.